The zero-order valence-electron chi connectivity index (χ0n) is 23.8. The number of carbonyl (C=O) groups excluding carboxylic acids is 2. The van der Waals surface area contributed by atoms with Gasteiger partial charge in [0.05, 0.1) is 13.5 Å². The number of rotatable bonds is 4. The van der Waals surface area contributed by atoms with E-state index >= 15 is 0 Å². The summed E-state index contributed by atoms with van der Waals surface area (Å²) in [5.74, 6) is 2.41. The number of fused-ring (bicyclic) bond motifs is 7. The molecule has 0 spiro atoms. The van der Waals surface area contributed by atoms with E-state index in [9.17, 15) is 14.7 Å². The van der Waals surface area contributed by atoms with E-state index in [1.807, 2.05) is 0 Å². The van der Waals surface area contributed by atoms with Gasteiger partial charge in [0.15, 0.2) is 0 Å². The van der Waals surface area contributed by atoms with E-state index in [0.29, 0.717) is 35.2 Å². The Bertz CT molecular complexity index is 901. The first-order valence-corrected chi connectivity index (χ1v) is 14.9. The van der Waals surface area contributed by atoms with Crippen LogP contribution in [0.25, 0.3) is 0 Å². The highest BCUT2D eigenvalue weighted by Gasteiger charge is 2.69. The molecule has 1 N–H and O–H groups in total. The first kappa shape index (κ1) is 26.5. The minimum Gasteiger partial charge on any atom is -0.469 e. The maximum absolute atomic E-state index is 13.3. The predicted molar refractivity (Wildman–Crippen MR) is 141 cm³/mol. The van der Waals surface area contributed by atoms with Gasteiger partial charge in [0.25, 0.3) is 0 Å². The Kier molecular flexibility index (Phi) is 6.41. The zero-order valence-corrected chi connectivity index (χ0v) is 23.8. The Labute approximate surface area is 219 Å². The Morgan fingerprint density at radius 3 is 2.28 bits per heavy atom. The molecule has 5 heteroatoms. The standard InChI is InChI=1S/C31H51NO4/c1-27(2)23-13-15-30(5)24(28(23,3)18-19-32(27)25(34)11-12-26(35)36-6)10-9-21-22-8-7-14-31(22,20-33)17-16-29(21,30)4/h21-24,33H,7-20H2,1-6H3/t21?,22-,23?,24?,28?,29-,30?,31?/m1/s1. The summed E-state index contributed by atoms with van der Waals surface area (Å²) in [6.45, 7) is 13.6. The van der Waals surface area contributed by atoms with Crippen molar-refractivity contribution in [2.24, 2.45) is 45.3 Å². The highest BCUT2D eigenvalue weighted by atomic mass is 16.5. The molecule has 0 radical (unpaired) electrons. The second kappa shape index (κ2) is 8.71. The molecule has 5 fully saturated rings. The molecule has 8 atom stereocenters. The summed E-state index contributed by atoms with van der Waals surface area (Å²) in [7, 11) is 1.39. The van der Waals surface area contributed by atoms with Crippen molar-refractivity contribution in [2.45, 2.75) is 117 Å². The van der Waals surface area contributed by atoms with Gasteiger partial charge in [-0.2, -0.15) is 0 Å². The summed E-state index contributed by atoms with van der Waals surface area (Å²) in [6.07, 6.45) is 12.8. The minimum atomic E-state index is -0.304. The average molecular weight is 502 g/mol. The molecule has 5 rings (SSSR count). The molecule has 36 heavy (non-hydrogen) atoms. The van der Waals surface area contributed by atoms with Crippen LogP contribution in [0.4, 0.5) is 0 Å². The maximum Gasteiger partial charge on any atom is 0.306 e. The molecule has 4 saturated carbocycles. The molecule has 0 aromatic heterocycles. The Balaban J connectivity index is 1.41. The summed E-state index contributed by atoms with van der Waals surface area (Å²) in [4.78, 5) is 27.0. The van der Waals surface area contributed by atoms with E-state index in [-0.39, 0.29) is 41.1 Å². The summed E-state index contributed by atoms with van der Waals surface area (Å²) >= 11 is 0. The van der Waals surface area contributed by atoms with E-state index in [2.05, 4.69) is 39.5 Å². The van der Waals surface area contributed by atoms with Crippen LogP contribution in [0.2, 0.25) is 0 Å². The third kappa shape index (κ3) is 3.42. The second-order valence-electron chi connectivity index (χ2n) is 14.7. The van der Waals surface area contributed by atoms with E-state index in [1.165, 1.54) is 64.9 Å². The third-order valence-corrected chi connectivity index (χ3v) is 13.6. The van der Waals surface area contributed by atoms with Crippen LogP contribution < -0.4 is 0 Å². The molecular formula is C31H51NO4. The number of methoxy groups -OCH3 is 1. The summed E-state index contributed by atoms with van der Waals surface area (Å²) in [6, 6.07) is 0. The molecule has 1 saturated heterocycles. The van der Waals surface area contributed by atoms with E-state index in [0.717, 1.165) is 18.9 Å². The normalized spacial score (nSPS) is 47.2. The maximum atomic E-state index is 13.3. The van der Waals surface area contributed by atoms with E-state index < -0.39 is 0 Å². The average Bonchev–Trinajstić information content (AvgIpc) is 3.27. The smallest absolute Gasteiger partial charge is 0.306 e. The van der Waals surface area contributed by atoms with Crippen LogP contribution in [-0.2, 0) is 14.3 Å². The van der Waals surface area contributed by atoms with Crippen molar-refractivity contribution in [3.8, 4) is 0 Å². The van der Waals surface area contributed by atoms with Crippen LogP contribution in [0.3, 0.4) is 0 Å². The number of amides is 1. The molecule has 5 nitrogen and oxygen atoms in total. The molecule has 1 aliphatic heterocycles. The van der Waals surface area contributed by atoms with Crippen LogP contribution in [0.15, 0.2) is 0 Å². The number of likely N-dealkylation sites (tertiary alicyclic amines) is 1. The van der Waals surface area contributed by atoms with Crippen molar-refractivity contribution in [3.05, 3.63) is 0 Å². The van der Waals surface area contributed by atoms with Crippen molar-refractivity contribution in [1.29, 1.82) is 0 Å². The number of piperidine rings is 1. The van der Waals surface area contributed by atoms with Crippen molar-refractivity contribution < 1.29 is 19.4 Å². The first-order chi connectivity index (χ1) is 16.9. The van der Waals surface area contributed by atoms with Gasteiger partial charge in [-0.05, 0) is 117 Å². The fourth-order valence-corrected chi connectivity index (χ4v) is 11.6. The van der Waals surface area contributed by atoms with Crippen LogP contribution in [0.5, 0.6) is 0 Å². The number of carbonyl (C=O) groups is 2. The molecule has 204 valence electrons. The van der Waals surface area contributed by atoms with Crippen LogP contribution in [0.1, 0.15) is 112 Å². The fourth-order valence-electron chi connectivity index (χ4n) is 11.6. The van der Waals surface area contributed by atoms with Crippen molar-refractivity contribution in [3.63, 3.8) is 0 Å². The number of hydrogen-bond acceptors (Lipinski definition) is 4. The van der Waals surface area contributed by atoms with Gasteiger partial charge >= 0.3 is 5.97 Å². The molecule has 1 amide bonds. The zero-order chi connectivity index (χ0) is 26.1. The lowest BCUT2D eigenvalue weighted by Crippen LogP contribution is -2.70. The van der Waals surface area contributed by atoms with Gasteiger partial charge in [-0.1, -0.05) is 27.2 Å². The number of aliphatic hydroxyl groups excluding tert-OH is 1. The van der Waals surface area contributed by atoms with Crippen LogP contribution in [-0.4, -0.2) is 47.7 Å². The van der Waals surface area contributed by atoms with Crippen molar-refractivity contribution >= 4 is 11.9 Å². The highest BCUT2D eigenvalue weighted by molar-refractivity contribution is 5.82. The number of aliphatic hydroxyl groups is 1. The number of esters is 1. The number of hydrogen-bond donors (Lipinski definition) is 1. The van der Waals surface area contributed by atoms with Crippen LogP contribution >= 0.6 is 0 Å². The van der Waals surface area contributed by atoms with Gasteiger partial charge in [-0.3, -0.25) is 9.59 Å². The van der Waals surface area contributed by atoms with Gasteiger partial charge in [0.1, 0.15) is 0 Å². The summed E-state index contributed by atoms with van der Waals surface area (Å²) < 4.78 is 4.78. The summed E-state index contributed by atoms with van der Waals surface area (Å²) in [5.41, 5.74) is 0.883. The Morgan fingerprint density at radius 2 is 1.58 bits per heavy atom. The van der Waals surface area contributed by atoms with Gasteiger partial charge in [0.2, 0.25) is 5.91 Å². The molecule has 4 aliphatic carbocycles. The van der Waals surface area contributed by atoms with Crippen molar-refractivity contribution in [2.75, 3.05) is 20.3 Å². The van der Waals surface area contributed by atoms with Gasteiger partial charge in [-0.15, -0.1) is 0 Å². The van der Waals surface area contributed by atoms with E-state index in [1.54, 1.807) is 0 Å². The lowest BCUT2D eigenvalue weighted by Gasteiger charge is -2.73. The molecule has 6 unspecified atom stereocenters. The predicted octanol–water partition coefficient (Wildman–Crippen LogP) is 5.98. The molecule has 0 aromatic rings. The molecule has 0 aromatic carbocycles. The monoisotopic (exact) mass is 501 g/mol. The van der Waals surface area contributed by atoms with E-state index in [4.69, 9.17) is 4.74 Å². The minimum absolute atomic E-state index is 0.102. The Morgan fingerprint density at radius 1 is 0.833 bits per heavy atom. The third-order valence-electron chi connectivity index (χ3n) is 13.6. The fraction of sp³-hybridized carbons (Fsp3) is 0.935. The lowest BCUT2D eigenvalue weighted by molar-refractivity contribution is -0.241. The van der Waals surface area contributed by atoms with Crippen LogP contribution in [0, 0.1) is 45.3 Å². The Hall–Kier alpha value is -1.10. The molecule has 5 aliphatic rings. The summed E-state index contributed by atoms with van der Waals surface area (Å²) in [5, 5.41) is 10.5. The SMILES string of the molecule is COC(=O)CCC(=O)N1CCC2(C)C(CCC3(C)C2CCC2[C@H]4CCCC4(CO)CC[C@]23C)C1(C)C. The number of ether oxygens (including phenoxy) is 1. The van der Waals surface area contributed by atoms with Gasteiger partial charge in [0, 0.05) is 25.1 Å². The molecule has 0 bridgehead atoms. The second-order valence-corrected chi connectivity index (χ2v) is 14.7. The molecular weight excluding hydrogens is 450 g/mol. The number of nitrogens with zero attached hydrogens (tertiary/aromatic N) is 1. The van der Waals surface area contributed by atoms with Gasteiger partial charge < -0.3 is 14.7 Å². The quantitative estimate of drug-likeness (QED) is 0.481. The van der Waals surface area contributed by atoms with Crippen molar-refractivity contribution in [1.82, 2.24) is 4.90 Å². The topological polar surface area (TPSA) is 66.8 Å². The largest absolute Gasteiger partial charge is 0.469 e. The first-order valence-electron chi connectivity index (χ1n) is 14.9. The van der Waals surface area contributed by atoms with Gasteiger partial charge in [-0.25, -0.2) is 0 Å². The molecule has 1 heterocycles. The highest BCUT2D eigenvalue weighted by Crippen LogP contribution is 2.76. The lowest BCUT2D eigenvalue weighted by atomic mass is 9.33.